The van der Waals surface area contributed by atoms with Crippen LogP contribution >= 0.6 is 11.3 Å². The van der Waals surface area contributed by atoms with Gasteiger partial charge in [-0.05, 0) is 60.5 Å². The summed E-state index contributed by atoms with van der Waals surface area (Å²) >= 11 is 1.79. The van der Waals surface area contributed by atoms with Crippen LogP contribution in [-0.2, 0) is 17.8 Å². The van der Waals surface area contributed by atoms with Crippen molar-refractivity contribution in [1.82, 2.24) is 9.80 Å². The number of ether oxygens (including phenoxy) is 2. The summed E-state index contributed by atoms with van der Waals surface area (Å²) in [5.74, 6) is 1.70. The van der Waals surface area contributed by atoms with Crippen LogP contribution in [-0.4, -0.2) is 49.6 Å². The van der Waals surface area contributed by atoms with E-state index in [9.17, 15) is 4.79 Å². The number of methoxy groups -OCH3 is 2. The highest BCUT2D eigenvalue weighted by Crippen LogP contribution is 2.35. The highest BCUT2D eigenvalue weighted by Gasteiger charge is 2.30. The predicted octanol–water partition coefficient (Wildman–Crippen LogP) is 3.49. The number of hydrogen-bond donors (Lipinski definition) is 0. The van der Waals surface area contributed by atoms with Crippen LogP contribution in [0.15, 0.2) is 29.6 Å². The van der Waals surface area contributed by atoms with Gasteiger partial charge in [-0.25, -0.2) is 0 Å². The smallest absolute Gasteiger partial charge is 0.237 e. The maximum absolute atomic E-state index is 13.0. The maximum Gasteiger partial charge on any atom is 0.237 e. The van der Waals surface area contributed by atoms with Crippen molar-refractivity contribution in [3.8, 4) is 11.5 Å². The Morgan fingerprint density at radius 2 is 1.96 bits per heavy atom. The molecule has 0 saturated carbocycles. The fourth-order valence-electron chi connectivity index (χ4n) is 4.19. The van der Waals surface area contributed by atoms with Gasteiger partial charge in [-0.1, -0.05) is 6.07 Å². The summed E-state index contributed by atoms with van der Waals surface area (Å²) in [6, 6.07) is 8.74. The van der Waals surface area contributed by atoms with Crippen molar-refractivity contribution in [3.63, 3.8) is 0 Å². The van der Waals surface area contributed by atoms with Crippen molar-refractivity contribution >= 4 is 17.2 Å². The SMILES string of the molecule is COc1cc2c(cc1OC)CN(C(=O)CN1CCC[C@@H]1c1cccs1)CC2. The normalized spacial score (nSPS) is 19.8. The van der Waals surface area contributed by atoms with E-state index in [1.807, 2.05) is 17.0 Å². The second-order valence-electron chi connectivity index (χ2n) is 7.19. The van der Waals surface area contributed by atoms with Gasteiger partial charge in [0.15, 0.2) is 11.5 Å². The Bertz CT molecular complexity index is 806. The lowest BCUT2D eigenvalue weighted by Crippen LogP contribution is -2.42. The molecule has 5 nitrogen and oxygen atoms in total. The van der Waals surface area contributed by atoms with Gasteiger partial charge in [0.25, 0.3) is 0 Å². The summed E-state index contributed by atoms with van der Waals surface area (Å²) in [5.41, 5.74) is 2.40. The highest BCUT2D eigenvalue weighted by atomic mass is 32.1. The van der Waals surface area contributed by atoms with Gasteiger partial charge >= 0.3 is 0 Å². The van der Waals surface area contributed by atoms with Gasteiger partial charge < -0.3 is 14.4 Å². The summed E-state index contributed by atoms with van der Waals surface area (Å²) in [6.07, 6.45) is 3.17. The molecule has 2 aliphatic rings. The molecule has 0 spiro atoms. The van der Waals surface area contributed by atoms with E-state index in [4.69, 9.17) is 9.47 Å². The highest BCUT2D eigenvalue weighted by molar-refractivity contribution is 7.10. The molecule has 1 aromatic heterocycles. The first-order valence-electron chi connectivity index (χ1n) is 9.48. The molecule has 4 rings (SSSR count). The topological polar surface area (TPSA) is 42.0 Å². The van der Waals surface area contributed by atoms with Gasteiger partial charge in [-0.15, -0.1) is 11.3 Å². The molecule has 1 atom stereocenters. The quantitative estimate of drug-likeness (QED) is 0.789. The summed E-state index contributed by atoms with van der Waals surface area (Å²) in [5, 5.41) is 2.12. The summed E-state index contributed by atoms with van der Waals surface area (Å²) in [4.78, 5) is 18.7. The molecule has 0 aliphatic carbocycles. The summed E-state index contributed by atoms with van der Waals surface area (Å²) in [7, 11) is 3.30. The minimum absolute atomic E-state index is 0.221. The first-order valence-corrected chi connectivity index (χ1v) is 10.4. The van der Waals surface area contributed by atoms with Gasteiger partial charge in [-0.3, -0.25) is 9.69 Å². The molecule has 1 saturated heterocycles. The van der Waals surface area contributed by atoms with Crippen molar-refractivity contribution in [1.29, 1.82) is 0 Å². The molecular weight excluding hydrogens is 360 g/mol. The number of carbonyl (C=O) groups excluding carboxylic acids is 1. The number of carbonyl (C=O) groups is 1. The first kappa shape index (κ1) is 18.3. The van der Waals surface area contributed by atoms with Gasteiger partial charge in [0, 0.05) is 24.0 Å². The van der Waals surface area contributed by atoms with Gasteiger partial charge in [0.1, 0.15) is 0 Å². The van der Waals surface area contributed by atoms with E-state index in [0.29, 0.717) is 19.1 Å². The number of hydrogen-bond acceptors (Lipinski definition) is 5. The van der Waals surface area contributed by atoms with E-state index in [1.54, 1.807) is 25.6 Å². The molecule has 1 amide bonds. The zero-order valence-corrected chi connectivity index (χ0v) is 16.8. The Morgan fingerprint density at radius 3 is 2.67 bits per heavy atom. The first-order chi connectivity index (χ1) is 13.2. The average molecular weight is 387 g/mol. The van der Waals surface area contributed by atoms with Crippen LogP contribution in [0.2, 0.25) is 0 Å². The molecular formula is C21H26N2O3S. The van der Waals surface area contributed by atoms with Crippen molar-refractivity contribution in [2.75, 3.05) is 33.9 Å². The molecule has 0 unspecified atom stereocenters. The van der Waals surface area contributed by atoms with E-state index in [-0.39, 0.29) is 5.91 Å². The molecule has 144 valence electrons. The Kier molecular flexibility index (Phi) is 5.36. The molecule has 0 N–H and O–H groups in total. The Hall–Kier alpha value is -2.05. The van der Waals surface area contributed by atoms with Crippen molar-refractivity contribution in [2.24, 2.45) is 0 Å². The molecule has 1 aromatic carbocycles. The lowest BCUT2D eigenvalue weighted by Gasteiger charge is -2.32. The molecule has 1 fully saturated rings. The molecule has 2 aliphatic heterocycles. The van der Waals surface area contributed by atoms with Crippen LogP contribution in [0.5, 0.6) is 11.5 Å². The number of likely N-dealkylation sites (tertiary alicyclic amines) is 1. The molecule has 6 heteroatoms. The second kappa shape index (κ2) is 7.90. The van der Waals surface area contributed by atoms with Crippen LogP contribution in [0.1, 0.15) is 34.9 Å². The minimum Gasteiger partial charge on any atom is -0.493 e. The third-order valence-corrected chi connectivity index (χ3v) is 6.62. The number of amides is 1. The van der Waals surface area contributed by atoms with E-state index in [2.05, 4.69) is 22.4 Å². The fourth-order valence-corrected chi connectivity index (χ4v) is 5.08. The second-order valence-corrected chi connectivity index (χ2v) is 8.16. The predicted molar refractivity (Wildman–Crippen MR) is 107 cm³/mol. The minimum atomic E-state index is 0.221. The zero-order valence-electron chi connectivity index (χ0n) is 15.9. The zero-order chi connectivity index (χ0) is 18.8. The third-order valence-electron chi connectivity index (χ3n) is 5.64. The largest absolute Gasteiger partial charge is 0.493 e. The number of nitrogens with zero attached hydrogens (tertiary/aromatic N) is 2. The van der Waals surface area contributed by atoms with Crippen molar-refractivity contribution < 1.29 is 14.3 Å². The van der Waals surface area contributed by atoms with E-state index < -0.39 is 0 Å². The van der Waals surface area contributed by atoms with Crippen LogP contribution in [0.3, 0.4) is 0 Å². The molecule has 3 heterocycles. The molecule has 2 aromatic rings. The van der Waals surface area contributed by atoms with Crippen LogP contribution in [0, 0.1) is 0 Å². The standard InChI is InChI=1S/C21H26N2O3S/c1-25-18-11-15-7-9-23(13-16(15)12-19(18)26-2)21(24)14-22-8-3-5-17(22)20-6-4-10-27-20/h4,6,10-12,17H,3,5,7-9,13-14H2,1-2H3/t17-/m1/s1. The van der Waals surface area contributed by atoms with Gasteiger partial charge in [0.2, 0.25) is 5.91 Å². The fraction of sp³-hybridized carbons (Fsp3) is 0.476. The third kappa shape index (κ3) is 3.69. The van der Waals surface area contributed by atoms with Crippen LogP contribution in [0.25, 0.3) is 0 Å². The monoisotopic (exact) mass is 386 g/mol. The van der Waals surface area contributed by atoms with Gasteiger partial charge in [-0.2, -0.15) is 0 Å². The van der Waals surface area contributed by atoms with E-state index in [1.165, 1.54) is 10.4 Å². The van der Waals surface area contributed by atoms with Crippen LogP contribution in [0.4, 0.5) is 0 Å². The Morgan fingerprint density at radius 1 is 1.19 bits per heavy atom. The summed E-state index contributed by atoms with van der Waals surface area (Å²) in [6.45, 7) is 2.92. The lowest BCUT2D eigenvalue weighted by molar-refractivity contribution is -0.133. The maximum atomic E-state index is 13.0. The van der Waals surface area contributed by atoms with Gasteiger partial charge in [0.05, 0.1) is 20.8 Å². The van der Waals surface area contributed by atoms with Crippen molar-refractivity contribution in [2.45, 2.75) is 31.8 Å². The lowest BCUT2D eigenvalue weighted by atomic mass is 9.98. The number of benzene rings is 1. The molecule has 27 heavy (non-hydrogen) atoms. The molecule has 0 radical (unpaired) electrons. The number of rotatable bonds is 5. The van der Waals surface area contributed by atoms with Crippen molar-refractivity contribution in [3.05, 3.63) is 45.6 Å². The number of thiophene rings is 1. The van der Waals surface area contributed by atoms with Crippen LogP contribution < -0.4 is 9.47 Å². The Labute approximate surface area is 164 Å². The number of fused-ring (bicyclic) bond motifs is 1. The molecule has 0 bridgehead atoms. The van der Waals surface area contributed by atoms with E-state index in [0.717, 1.165) is 49.4 Å². The van der Waals surface area contributed by atoms with E-state index >= 15 is 0 Å². The summed E-state index contributed by atoms with van der Waals surface area (Å²) < 4.78 is 10.8. The average Bonchev–Trinajstić information content (AvgIpc) is 3.37. The Balaban J connectivity index is 1.45.